The number of anilines is 1. The van der Waals surface area contributed by atoms with Gasteiger partial charge in [-0.05, 0) is 24.1 Å². The number of alkyl halides is 3. The van der Waals surface area contributed by atoms with Gasteiger partial charge in [-0.15, -0.1) is 0 Å². The Morgan fingerprint density at radius 2 is 2.11 bits per heavy atom. The summed E-state index contributed by atoms with van der Waals surface area (Å²) in [6.07, 6.45) is -4.00. The van der Waals surface area contributed by atoms with Crippen LogP contribution in [0.1, 0.15) is 5.56 Å². The largest absolute Gasteiger partial charge is 0.400 e. The van der Waals surface area contributed by atoms with Crippen molar-refractivity contribution in [3.63, 3.8) is 0 Å². The third kappa shape index (κ3) is 2.80. The number of benzene rings is 1. The topological polar surface area (TPSA) is 53.1 Å². The first-order valence-corrected chi connectivity index (χ1v) is 5.73. The number of nitrogens with one attached hydrogen (secondary N) is 1. The van der Waals surface area contributed by atoms with Crippen molar-refractivity contribution in [1.82, 2.24) is 0 Å². The molecule has 1 aliphatic heterocycles. The van der Waals surface area contributed by atoms with Gasteiger partial charge in [-0.2, -0.15) is 13.2 Å². The lowest BCUT2D eigenvalue weighted by atomic mass is 10.1. The van der Waals surface area contributed by atoms with Crippen molar-refractivity contribution in [1.29, 1.82) is 5.41 Å². The van der Waals surface area contributed by atoms with Crippen molar-refractivity contribution in [2.24, 2.45) is 11.7 Å². The minimum Gasteiger partial charge on any atom is -0.387 e. The van der Waals surface area contributed by atoms with E-state index >= 15 is 0 Å². The van der Waals surface area contributed by atoms with Crippen LogP contribution in [0.15, 0.2) is 18.2 Å². The summed E-state index contributed by atoms with van der Waals surface area (Å²) in [5.41, 5.74) is 6.28. The lowest BCUT2D eigenvalue weighted by Gasteiger charge is -2.26. The molecule has 0 amide bonds. The van der Waals surface area contributed by atoms with Crippen LogP contribution in [0.5, 0.6) is 0 Å². The maximum atomic E-state index is 13.1. The average molecular weight is 275 g/mol. The number of hydrogen-bond acceptors (Lipinski definition) is 2. The molecule has 0 radical (unpaired) electrons. The van der Waals surface area contributed by atoms with E-state index in [-0.39, 0.29) is 0 Å². The summed E-state index contributed by atoms with van der Waals surface area (Å²) >= 11 is 0. The standard InChI is InChI=1S/C12H13F4N3/c13-8-2-1-7-3-4-19(10(7)5-8)6-9(11(17)18)12(14,15)16/h1-2,5,9H,3-4,6H2,(H3,17,18). The lowest BCUT2D eigenvalue weighted by molar-refractivity contribution is -0.153. The molecule has 7 heteroatoms. The Hall–Kier alpha value is -1.79. The van der Waals surface area contributed by atoms with E-state index < -0.39 is 30.3 Å². The number of amidine groups is 1. The highest BCUT2D eigenvalue weighted by Crippen LogP contribution is 2.33. The highest BCUT2D eigenvalue weighted by molar-refractivity contribution is 5.81. The fourth-order valence-corrected chi connectivity index (χ4v) is 2.21. The van der Waals surface area contributed by atoms with Gasteiger partial charge in [-0.3, -0.25) is 5.41 Å². The normalized spacial score (nSPS) is 16.3. The summed E-state index contributed by atoms with van der Waals surface area (Å²) < 4.78 is 51.4. The maximum Gasteiger partial charge on any atom is 0.400 e. The van der Waals surface area contributed by atoms with Gasteiger partial charge in [0.25, 0.3) is 0 Å². The first-order valence-electron chi connectivity index (χ1n) is 5.73. The Morgan fingerprint density at radius 3 is 2.68 bits per heavy atom. The molecule has 19 heavy (non-hydrogen) atoms. The Morgan fingerprint density at radius 1 is 1.42 bits per heavy atom. The summed E-state index contributed by atoms with van der Waals surface area (Å²) in [4.78, 5) is 1.43. The van der Waals surface area contributed by atoms with Crippen LogP contribution in [-0.2, 0) is 6.42 Å². The number of nitrogens with zero attached hydrogens (tertiary/aromatic N) is 1. The molecule has 0 aromatic heterocycles. The maximum absolute atomic E-state index is 13.1. The number of nitrogens with two attached hydrogens (primary N) is 1. The van der Waals surface area contributed by atoms with Crippen molar-refractivity contribution in [2.45, 2.75) is 12.6 Å². The van der Waals surface area contributed by atoms with Crippen molar-refractivity contribution in [3.8, 4) is 0 Å². The molecule has 3 nitrogen and oxygen atoms in total. The number of rotatable bonds is 3. The van der Waals surface area contributed by atoms with Crippen LogP contribution in [0.4, 0.5) is 23.2 Å². The molecule has 0 fully saturated rings. The molecular weight excluding hydrogens is 262 g/mol. The highest BCUT2D eigenvalue weighted by atomic mass is 19.4. The van der Waals surface area contributed by atoms with Gasteiger partial charge in [0.2, 0.25) is 0 Å². The molecule has 104 valence electrons. The van der Waals surface area contributed by atoms with Gasteiger partial charge in [0.1, 0.15) is 17.6 Å². The second kappa shape index (κ2) is 4.71. The van der Waals surface area contributed by atoms with Gasteiger partial charge in [-0.25, -0.2) is 4.39 Å². The summed E-state index contributed by atoms with van der Waals surface area (Å²) in [7, 11) is 0. The molecule has 3 N–H and O–H groups in total. The Kier molecular flexibility index (Phi) is 3.38. The summed E-state index contributed by atoms with van der Waals surface area (Å²) in [5, 5.41) is 7.05. The third-order valence-corrected chi connectivity index (χ3v) is 3.21. The monoisotopic (exact) mass is 275 g/mol. The SMILES string of the molecule is N=C(N)C(CN1CCc2ccc(F)cc21)C(F)(F)F. The van der Waals surface area contributed by atoms with Gasteiger partial charge in [0, 0.05) is 18.8 Å². The zero-order valence-corrected chi connectivity index (χ0v) is 9.97. The van der Waals surface area contributed by atoms with E-state index in [1.165, 1.54) is 17.0 Å². The summed E-state index contributed by atoms with van der Waals surface area (Å²) in [6.45, 7) is -0.0755. The zero-order chi connectivity index (χ0) is 14.2. The zero-order valence-electron chi connectivity index (χ0n) is 9.97. The molecule has 1 aliphatic rings. The van der Waals surface area contributed by atoms with Crippen LogP contribution < -0.4 is 10.6 Å². The minimum atomic E-state index is -4.57. The van der Waals surface area contributed by atoms with E-state index in [0.29, 0.717) is 18.7 Å². The average Bonchev–Trinajstić information content (AvgIpc) is 2.66. The molecule has 1 heterocycles. The number of hydrogen-bond donors (Lipinski definition) is 2. The Labute approximate surface area is 107 Å². The van der Waals surface area contributed by atoms with Gasteiger partial charge in [-0.1, -0.05) is 6.07 Å². The molecule has 0 aliphatic carbocycles. The van der Waals surface area contributed by atoms with E-state index in [1.807, 2.05) is 0 Å². The minimum absolute atomic E-state index is 0.374. The molecule has 0 bridgehead atoms. The second-order valence-electron chi connectivity index (χ2n) is 4.52. The molecule has 1 aromatic carbocycles. The van der Waals surface area contributed by atoms with Crippen LogP contribution in [0.2, 0.25) is 0 Å². The van der Waals surface area contributed by atoms with Crippen LogP contribution >= 0.6 is 0 Å². The van der Waals surface area contributed by atoms with E-state index in [9.17, 15) is 17.6 Å². The van der Waals surface area contributed by atoms with Crippen molar-refractivity contribution >= 4 is 11.5 Å². The van der Waals surface area contributed by atoms with E-state index in [0.717, 1.165) is 5.56 Å². The first-order chi connectivity index (χ1) is 8.79. The van der Waals surface area contributed by atoms with E-state index in [1.54, 1.807) is 6.07 Å². The van der Waals surface area contributed by atoms with Crippen LogP contribution in [0, 0.1) is 17.1 Å². The van der Waals surface area contributed by atoms with E-state index in [4.69, 9.17) is 11.1 Å². The molecule has 1 aromatic rings. The number of fused-ring (bicyclic) bond motifs is 1. The predicted molar refractivity (Wildman–Crippen MR) is 63.8 cm³/mol. The van der Waals surface area contributed by atoms with Gasteiger partial charge < -0.3 is 10.6 Å². The smallest absolute Gasteiger partial charge is 0.387 e. The fraction of sp³-hybridized carbons (Fsp3) is 0.417. The first kappa shape index (κ1) is 13.6. The van der Waals surface area contributed by atoms with Gasteiger partial charge >= 0.3 is 6.18 Å². The van der Waals surface area contributed by atoms with Gasteiger partial charge in [0.15, 0.2) is 0 Å². The molecule has 2 rings (SSSR count). The lowest BCUT2D eigenvalue weighted by Crippen LogP contribution is -2.43. The predicted octanol–water partition coefficient (Wildman–Crippen LogP) is 2.30. The summed E-state index contributed by atoms with van der Waals surface area (Å²) in [6, 6.07) is 4.07. The summed E-state index contributed by atoms with van der Waals surface area (Å²) in [5.74, 6) is -3.43. The molecule has 1 unspecified atom stereocenters. The van der Waals surface area contributed by atoms with Crippen LogP contribution in [0.25, 0.3) is 0 Å². The molecular formula is C12H13F4N3. The Bertz CT molecular complexity index is 498. The highest BCUT2D eigenvalue weighted by Gasteiger charge is 2.43. The second-order valence-corrected chi connectivity index (χ2v) is 4.52. The molecule has 0 saturated carbocycles. The van der Waals surface area contributed by atoms with Crippen LogP contribution in [-0.4, -0.2) is 25.1 Å². The van der Waals surface area contributed by atoms with Gasteiger partial charge in [0.05, 0.1) is 0 Å². The fourth-order valence-electron chi connectivity index (χ4n) is 2.21. The van der Waals surface area contributed by atoms with Crippen LogP contribution in [0.3, 0.4) is 0 Å². The number of halogens is 4. The third-order valence-electron chi connectivity index (χ3n) is 3.21. The van der Waals surface area contributed by atoms with Crippen molar-refractivity contribution in [2.75, 3.05) is 18.0 Å². The van der Waals surface area contributed by atoms with E-state index in [2.05, 4.69) is 0 Å². The Balaban J connectivity index is 2.22. The van der Waals surface area contributed by atoms with Crippen molar-refractivity contribution < 1.29 is 17.6 Å². The molecule has 0 saturated heterocycles. The molecule has 1 atom stereocenters. The quantitative estimate of drug-likeness (QED) is 0.505. The van der Waals surface area contributed by atoms with Crippen molar-refractivity contribution in [3.05, 3.63) is 29.6 Å². The molecule has 0 spiro atoms.